The predicted octanol–water partition coefficient (Wildman–Crippen LogP) is -1.21. The summed E-state index contributed by atoms with van der Waals surface area (Å²) in [6, 6.07) is 0.479. The van der Waals surface area contributed by atoms with E-state index in [1.807, 2.05) is 0 Å². The van der Waals surface area contributed by atoms with Gasteiger partial charge in [-0.2, -0.15) is 0 Å². The summed E-state index contributed by atoms with van der Waals surface area (Å²) in [5.74, 6) is 0. The van der Waals surface area contributed by atoms with Crippen LogP contribution >= 0.6 is 12.2 Å². The van der Waals surface area contributed by atoms with Crippen LogP contribution < -0.4 is 16.4 Å². The molecule has 0 aliphatic carbocycles. The summed E-state index contributed by atoms with van der Waals surface area (Å²) in [6.45, 7) is 1.97. The topological polar surface area (TPSA) is 50.1 Å². The molecule has 46 valence electrons. The lowest BCUT2D eigenvalue weighted by Gasteiger charge is -2.27. The molecule has 0 unspecified atom stereocenters. The van der Waals surface area contributed by atoms with E-state index in [-0.39, 0.29) is 0 Å². The van der Waals surface area contributed by atoms with Crippen LogP contribution in [-0.4, -0.2) is 24.2 Å². The number of nitrogens with two attached hydrogens (primary N) is 1. The van der Waals surface area contributed by atoms with Gasteiger partial charge in [0.15, 0.2) is 5.11 Å². The molecule has 4 heteroatoms. The van der Waals surface area contributed by atoms with Gasteiger partial charge >= 0.3 is 0 Å². The smallest absolute Gasteiger partial charge is 0.163 e. The molecule has 0 bridgehead atoms. The first-order valence-electron chi connectivity index (χ1n) is 2.56. The summed E-state index contributed by atoms with van der Waals surface area (Å²) in [6.07, 6.45) is 0. The summed E-state index contributed by atoms with van der Waals surface area (Å²) in [4.78, 5) is 0. The van der Waals surface area contributed by atoms with Gasteiger partial charge in [0.25, 0.3) is 0 Å². The zero-order valence-electron chi connectivity index (χ0n) is 4.48. The number of hydrogen-bond acceptors (Lipinski definition) is 2. The molecular weight excluding hydrogens is 122 g/mol. The van der Waals surface area contributed by atoms with Crippen molar-refractivity contribution in [2.24, 2.45) is 5.73 Å². The Labute approximate surface area is 53.6 Å². The SMILES string of the molecule is NC(=S)NC1CNC1. The average molecular weight is 131 g/mol. The molecule has 4 N–H and O–H groups in total. The Morgan fingerprint density at radius 1 is 1.75 bits per heavy atom. The Kier molecular flexibility index (Phi) is 1.65. The standard InChI is InChI=1S/C4H9N3S/c5-4(8)7-3-1-6-2-3/h3,6H,1-2H2,(H3,5,7,8). The molecule has 1 saturated heterocycles. The molecule has 0 atom stereocenters. The zero-order valence-corrected chi connectivity index (χ0v) is 5.29. The Hall–Kier alpha value is -0.350. The molecule has 8 heavy (non-hydrogen) atoms. The van der Waals surface area contributed by atoms with E-state index in [0.717, 1.165) is 13.1 Å². The lowest BCUT2D eigenvalue weighted by atomic mass is 10.2. The van der Waals surface area contributed by atoms with Crippen LogP contribution in [0.4, 0.5) is 0 Å². The number of nitrogens with one attached hydrogen (secondary N) is 2. The lowest BCUT2D eigenvalue weighted by Crippen LogP contribution is -2.57. The molecule has 0 aromatic carbocycles. The summed E-state index contributed by atoms with van der Waals surface area (Å²) >= 11 is 4.61. The van der Waals surface area contributed by atoms with Crippen molar-refractivity contribution in [2.75, 3.05) is 13.1 Å². The van der Waals surface area contributed by atoms with Crippen molar-refractivity contribution in [1.29, 1.82) is 0 Å². The Balaban J connectivity index is 2.09. The zero-order chi connectivity index (χ0) is 5.98. The first-order chi connectivity index (χ1) is 3.79. The van der Waals surface area contributed by atoms with Crippen molar-refractivity contribution in [3.8, 4) is 0 Å². The van der Waals surface area contributed by atoms with Gasteiger partial charge in [-0.25, -0.2) is 0 Å². The molecule has 1 heterocycles. The second kappa shape index (κ2) is 2.28. The van der Waals surface area contributed by atoms with Crippen molar-refractivity contribution < 1.29 is 0 Å². The second-order valence-corrected chi connectivity index (χ2v) is 2.30. The van der Waals surface area contributed by atoms with Crippen LogP contribution in [0.1, 0.15) is 0 Å². The minimum atomic E-state index is 0.400. The molecule has 0 amide bonds. The van der Waals surface area contributed by atoms with Gasteiger partial charge in [-0.1, -0.05) is 0 Å². The number of rotatable bonds is 1. The van der Waals surface area contributed by atoms with Crippen molar-refractivity contribution in [3.05, 3.63) is 0 Å². The quantitative estimate of drug-likeness (QED) is 0.391. The van der Waals surface area contributed by atoms with Crippen molar-refractivity contribution in [2.45, 2.75) is 6.04 Å². The third kappa shape index (κ3) is 1.31. The van der Waals surface area contributed by atoms with E-state index in [2.05, 4.69) is 22.9 Å². The minimum absolute atomic E-state index is 0.400. The van der Waals surface area contributed by atoms with Crippen molar-refractivity contribution in [3.63, 3.8) is 0 Å². The van der Waals surface area contributed by atoms with E-state index in [9.17, 15) is 0 Å². The van der Waals surface area contributed by atoms with Gasteiger partial charge in [0, 0.05) is 13.1 Å². The maximum absolute atomic E-state index is 5.20. The van der Waals surface area contributed by atoms with Crippen LogP contribution in [0.2, 0.25) is 0 Å². The van der Waals surface area contributed by atoms with Gasteiger partial charge in [0.2, 0.25) is 0 Å². The summed E-state index contributed by atoms with van der Waals surface area (Å²) in [7, 11) is 0. The van der Waals surface area contributed by atoms with E-state index in [1.54, 1.807) is 0 Å². The molecule has 1 aliphatic rings. The Morgan fingerprint density at radius 3 is 2.50 bits per heavy atom. The van der Waals surface area contributed by atoms with Gasteiger partial charge in [-0.3, -0.25) is 0 Å². The molecule has 0 saturated carbocycles. The normalized spacial score (nSPS) is 19.5. The van der Waals surface area contributed by atoms with Crippen LogP contribution in [-0.2, 0) is 0 Å². The third-order valence-electron chi connectivity index (χ3n) is 1.13. The van der Waals surface area contributed by atoms with Crippen LogP contribution in [0.3, 0.4) is 0 Å². The fraction of sp³-hybridized carbons (Fsp3) is 0.750. The first-order valence-corrected chi connectivity index (χ1v) is 2.96. The van der Waals surface area contributed by atoms with E-state index in [0.29, 0.717) is 11.2 Å². The highest BCUT2D eigenvalue weighted by Crippen LogP contribution is 1.87. The van der Waals surface area contributed by atoms with E-state index < -0.39 is 0 Å². The van der Waals surface area contributed by atoms with Gasteiger partial charge in [-0.15, -0.1) is 0 Å². The van der Waals surface area contributed by atoms with E-state index >= 15 is 0 Å². The van der Waals surface area contributed by atoms with Crippen LogP contribution in [0.15, 0.2) is 0 Å². The minimum Gasteiger partial charge on any atom is -0.376 e. The number of thiocarbonyl (C=S) groups is 1. The molecule has 1 rings (SSSR count). The summed E-state index contributed by atoms with van der Waals surface area (Å²) in [5, 5.41) is 6.41. The molecule has 3 nitrogen and oxygen atoms in total. The molecule has 0 spiro atoms. The maximum atomic E-state index is 5.20. The van der Waals surface area contributed by atoms with Gasteiger partial charge in [-0.05, 0) is 12.2 Å². The largest absolute Gasteiger partial charge is 0.376 e. The summed E-state index contributed by atoms with van der Waals surface area (Å²) < 4.78 is 0. The fourth-order valence-corrected chi connectivity index (χ4v) is 0.759. The molecule has 0 aromatic rings. The second-order valence-electron chi connectivity index (χ2n) is 1.86. The van der Waals surface area contributed by atoms with Gasteiger partial charge < -0.3 is 16.4 Å². The highest BCUT2D eigenvalue weighted by atomic mass is 32.1. The lowest BCUT2D eigenvalue weighted by molar-refractivity contribution is 0.412. The van der Waals surface area contributed by atoms with Crippen LogP contribution in [0.25, 0.3) is 0 Å². The highest BCUT2D eigenvalue weighted by molar-refractivity contribution is 7.80. The molecule has 0 aromatic heterocycles. The molecule has 1 aliphatic heterocycles. The number of hydrogen-bond donors (Lipinski definition) is 3. The highest BCUT2D eigenvalue weighted by Gasteiger charge is 2.15. The molecular formula is C4H9N3S. The fourth-order valence-electron chi connectivity index (χ4n) is 0.592. The third-order valence-corrected chi connectivity index (χ3v) is 1.25. The molecule has 0 radical (unpaired) electrons. The average Bonchev–Trinajstić information content (AvgIpc) is 1.55. The Morgan fingerprint density at radius 2 is 2.38 bits per heavy atom. The predicted molar refractivity (Wildman–Crippen MR) is 36.6 cm³/mol. The van der Waals surface area contributed by atoms with Crippen molar-refractivity contribution >= 4 is 17.3 Å². The van der Waals surface area contributed by atoms with Crippen molar-refractivity contribution in [1.82, 2.24) is 10.6 Å². The van der Waals surface area contributed by atoms with E-state index in [1.165, 1.54) is 0 Å². The van der Waals surface area contributed by atoms with E-state index in [4.69, 9.17) is 5.73 Å². The van der Waals surface area contributed by atoms with Crippen LogP contribution in [0.5, 0.6) is 0 Å². The Bertz CT molecular complexity index is 99.5. The molecule has 1 fully saturated rings. The van der Waals surface area contributed by atoms with Crippen LogP contribution in [0, 0.1) is 0 Å². The maximum Gasteiger partial charge on any atom is 0.163 e. The summed E-state index contributed by atoms with van der Waals surface area (Å²) in [5.41, 5.74) is 5.20. The van der Waals surface area contributed by atoms with Gasteiger partial charge in [0.1, 0.15) is 0 Å². The first kappa shape index (κ1) is 5.78. The monoisotopic (exact) mass is 131 g/mol. The van der Waals surface area contributed by atoms with Gasteiger partial charge in [0.05, 0.1) is 6.04 Å².